The normalized spacial score (nSPS) is 33.3. The maximum Gasteiger partial charge on any atom is 0.0859 e. The molecule has 90 valence electrons. The maximum atomic E-state index is 6.08. The molecule has 2 aliphatic rings. The van der Waals surface area contributed by atoms with Gasteiger partial charge < -0.3 is 10.1 Å². The number of alkyl halides is 1. The van der Waals surface area contributed by atoms with Crippen LogP contribution in [0.5, 0.6) is 0 Å². The summed E-state index contributed by atoms with van der Waals surface area (Å²) in [7, 11) is 5.46. The van der Waals surface area contributed by atoms with E-state index in [1.165, 1.54) is 44.9 Å². The van der Waals surface area contributed by atoms with Crippen molar-refractivity contribution in [3.8, 4) is 0 Å². The fourth-order valence-electron chi connectivity index (χ4n) is 3.14. The van der Waals surface area contributed by atoms with E-state index in [9.17, 15) is 0 Å². The lowest BCUT2D eigenvalue weighted by Crippen LogP contribution is -2.45. The highest BCUT2D eigenvalue weighted by molar-refractivity contribution is 14.1. The first kappa shape index (κ1) is 13.2. The van der Waals surface area contributed by atoms with E-state index < -0.39 is 0 Å². The maximum absolute atomic E-state index is 6.08. The van der Waals surface area contributed by atoms with Crippen molar-refractivity contribution >= 4 is 30.4 Å². The number of hydrogen-bond donors (Lipinski definition) is 1. The molecule has 1 saturated heterocycles. The summed E-state index contributed by atoms with van der Waals surface area (Å²) in [4.78, 5) is 0. The molecule has 0 aromatic rings. The molecule has 4 heteroatoms. The Hall–Kier alpha value is 0.715. The molecule has 0 bridgehead atoms. The van der Waals surface area contributed by atoms with Crippen LogP contribution in [0, 0.1) is 0 Å². The van der Waals surface area contributed by atoms with Gasteiger partial charge in [-0.25, -0.2) is 0 Å². The van der Waals surface area contributed by atoms with Crippen LogP contribution in [0.25, 0.3) is 0 Å². The first-order chi connectivity index (χ1) is 7.68. The minimum Gasteiger partial charge on any atom is -0.375 e. The number of nitrogens with one attached hydrogen (secondary N) is 1. The van der Waals surface area contributed by atoms with Gasteiger partial charge in [0.25, 0.3) is 0 Å². The van der Waals surface area contributed by atoms with Crippen molar-refractivity contribution in [2.45, 2.75) is 54.0 Å². The third-order valence-corrected chi connectivity index (χ3v) is 5.47. The van der Waals surface area contributed by atoms with Gasteiger partial charge in [0, 0.05) is 10.0 Å². The first-order valence-corrected chi connectivity index (χ1v) is 7.50. The molecule has 1 N–H and O–H groups in total. The second-order valence-electron chi connectivity index (χ2n) is 5.27. The van der Waals surface area contributed by atoms with Gasteiger partial charge >= 0.3 is 0 Å². The molecule has 2 rings (SSSR count). The van der Waals surface area contributed by atoms with Crippen LogP contribution in [0.3, 0.4) is 0 Å². The number of hydrogen-bond acceptors (Lipinski definition) is 2. The molecule has 16 heavy (non-hydrogen) atoms. The smallest absolute Gasteiger partial charge is 0.0859 e. The van der Waals surface area contributed by atoms with Crippen LogP contribution in [0.4, 0.5) is 0 Å². The second kappa shape index (κ2) is 5.57. The Morgan fingerprint density at radius 3 is 2.69 bits per heavy atom. The summed E-state index contributed by atoms with van der Waals surface area (Å²) in [6.07, 6.45) is 9.52. The van der Waals surface area contributed by atoms with Crippen molar-refractivity contribution < 1.29 is 4.74 Å². The Kier molecular flexibility index (Phi) is 4.58. The van der Waals surface area contributed by atoms with Gasteiger partial charge in [-0.1, -0.05) is 35.4 Å². The van der Waals surface area contributed by atoms with Gasteiger partial charge in [-0.2, -0.15) is 0 Å². The van der Waals surface area contributed by atoms with E-state index >= 15 is 0 Å². The minimum absolute atomic E-state index is 0.238. The molecule has 1 heterocycles. The Balaban J connectivity index is 1.89. The van der Waals surface area contributed by atoms with Gasteiger partial charge in [-0.05, 0) is 45.1 Å². The molecule has 0 amide bonds. The van der Waals surface area contributed by atoms with E-state index in [0.717, 1.165) is 13.2 Å². The number of ether oxygens (including phenoxy) is 1. The molecule has 1 aliphatic heterocycles. The lowest BCUT2D eigenvalue weighted by Gasteiger charge is -2.43. The molecule has 0 aromatic carbocycles. The molecule has 1 saturated carbocycles. The standard InChI is InChI=1S/C12H21BINO/c13-10-15-7-5-11(14)6-8-16-12(9-11)3-1-2-4-12/h15H,1-10H2. The van der Waals surface area contributed by atoms with Crippen LogP contribution in [0.1, 0.15) is 44.9 Å². The average molecular weight is 333 g/mol. The van der Waals surface area contributed by atoms with Crippen molar-refractivity contribution in [3.05, 3.63) is 0 Å². The fourth-order valence-corrected chi connectivity index (χ4v) is 4.32. The van der Waals surface area contributed by atoms with Gasteiger partial charge in [0.2, 0.25) is 0 Å². The molecule has 1 unspecified atom stereocenters. The summed E-state index contributed by atoms with van der Waals surface area (Å²) in [5, 5.41) is 3.23. The topological polar surface area (TPSA) is 21.3 Å². The fraction of sp³-hybridized carbons (Fsp3) is 1.00. The van der Waals surface area contributed by atoms with E-state index in [4.69, 9.17) is 12.6 Å². The highest BCUT2D eigenvalue weighted by atomic mass is 127. The molecule has 1 spiro atoms. The summed E-state index contributed by atoms with van der Waals surface area (Å²) in [6, 6.07) is 0. The monoisotopic (exact) mass is 333 g/mol. The zero-order valence-corrected chi connectivity index (χ0v) is 12.1. The third-order valence-electron chi connectivity index (χ3n) is 4.01. The molecule has 0 aromatic heterocycles. The van der Waals surface area contributed by atoms with Gasteiger partial charge in [0.1, 0.15) is 0 Å². The second-order valence-corrected chi connectivity index (χ2v) is 7.56. The van der Waals surface area contributed by atoms with Crippen molar-refractivity contribution in [3.63, 3.8) is 0 Å². The van der Waals surface area contributed by atoms with E-state index in [2.05, 4.69) is 27.9 Å². The quantitative estimate of drug-likeness (QED) is 0.369. The lowest BCUT2D eigenvalue weighted by molar-refractivity contribution is -0.0831. The largest absolute Gasteiger partial charge is 0.375 e. The van der Waals surface area contributed by atoms with Crippen LogP contribution in [0.2, 0.25) is 0 Å². The molecule has 1 atom stereocenters. The van der Waals surface area contributed by atoms with Crippen molar-refractivity contribution in [1.29, 1.82) is 0 Å². The van der Waals surface area contributed by atoms with Crippen molar-refractivity contribution in [2.24, 2.45) is 0 Å². The Labute approximate surface area is 114 Å². The van der Waals surface area contributed by atoms with Crippen molar-refractivity contribution in [1.82, 2.24) is 5.32 Å². The van der Waals surface area contributed by atoms with E-state index in [0.29, 0.717) is 9.87 Å². The molecule has 1 aliphatic carbocycles. The summed E-state index contributed by atoms with van der Waals surface area (Å²) in [6.45, 7) is 1.99. The number of rotatable bonds is 4. The number of halogens is 1. The predicted octanol–water partition coefficient (Wildman–Crippen LogP) is 2.39. The first-order valence-electron chi connectivity index (χ1n) is 6.42. The molecular formula is C12H21BINO. The average Bonchev–Trinajstić information content (AvgIpc) is 2.66. The van der Waals surface area contributed by atoms with Gasteiger partial charge in [0.05, 0.1) is 13.4 Å². The van der Waals surface area contributed by atoms with Crippen molar-refractivity contribution in [2.75, 3.05) is 19.6 Å². The molecule has 2 radical (unpaired) electrons. The molecule has 2 nitrogen and oxygen atoms in total. The van der Waals surface area contributed by atoms with Gasteiger partial charge in [-0.3, -0.25) is 0 Å². The SMILES string of the molecule is [B]CNCCC1(I)CCOC2(CCCC2)C1. The van der Waals surface area contributed by atoms with Crippen LogP contribution < -0.4 is 5.32 Å². The highest BCUT2D eigenvalue weighted by Gasteiger charge is 2.45. The summed E-state index contributed by atoms with van der Waals surface area (Å²) in [5.74, 6) is 0. The highest BCUT2D eigenvalue weighted by Crippen LogP contribution is 2.48. The third kappa shape index (κ3) is 3.13. The summed E-state index contributed by atoms with van der Waals surface area (Å²) < 4.78 is 6.51. The van der Waals surface area contributed by atoms with Crippen LogP contribution >= 0.6 is 22.6 Å². The predicted molar refractivity (Wildman–Crippen MR) is 76.4 cm³/mol. The van der Waals surface area contributed by atoms with Crippen LogP contribution in [-0.4, -0.2) is 36.5 Å². The van der Waals surface area contributed by atoms with Gasteiger partial charge in [0.15, 0.2) is 0 Å². The zero-order valence-electron chi connectivity index (χ0n) is 9.93. The lowest BCUT2D eigenvalue weighted by atomic mass is 9.83. The van der Waals surface area contributed by atoms with Crippen LogP contribution in [-0.2, 0) is 4.74 Å². The van der Waals surface area contributed by atoms with E-state index in [1.54, 1.807) is 0 Å². The van der Waals surface area contributed by atoms with Gasteiger partial charge in [-0.15, -0.1) is 0 Å². The minimum atomic E-state index is 0.238. The molecular weight excluding hydrogens is 312 g/mol. The summed E-state index contributed by atoms with van der Waals surface area (Å²) >= 11 is 2.67. The molecule has 2 fully saturated rings. The Bertz CT molecular complexity index is 233. The zero-order chi connectivity index (χ0) is 11.5. The van der Waals surface area contributed by atoms with Crippen LogP contribution in [0.15, 0.2) is 0 Å². The Morgan fingerprint density at radius 1 is 1.25 bits per heavy atom. The van der Waals surface area contributed by atoms with E-state index in [-0.39, 0.29) is 5.60 Å². The van der Waals surface area contributed by atoms with E-state index in [1.807, 2.05) is 0 Å². The summed E-state index contributed by atoms with van der Waals surface area (Å²) in [5.41, 5.74) is 0.238. The Morgan fingerprint density at radius 2 is 2.00 bits per heavy atom.